The standard InChI is InChI=1S/C36H35ClN2O4/c1-3-42-36(40)26-13-20-34-33(22-26)38-35(39(34)29-7-5-4-6-8-29)25-11-16-30(17-12-25)43-23-27-21-31(41-2)18-19-32(27)24-9-14-28(37)15-10-24/h9-22,29H,3-8,23H2,1-2H3. The molecule has 1 aliphatic carbocycles. The maximum Gasteiger partial charge on any atom is 0.338 e. The fraction of sp³-hybridized carbons (Fsp3) is 0.278. The van der Waals surface area contributed by atoms with Gasteiger partial charge in [0.15, 0.2) is 0 Å². The van der Waals surface area contributed by atoms with Crippen molar-refractivity contribution in [2.24, 2.45) is 0 Å². The first kappa shape index (κ1) is 28.8. The third-order valence-corrected chi connectivity index (χ3v) is 8.37. The minimum atomic E-state index is -0.324. The second-order valence-corrected chi connectivity index (χ2v) is 11.3. The number of hydrogen-bond donors (Lipinski definition) is 0. The molecule has 0 saturated heterocycles. The van der Waals surface area contributed by atoms with Gasteiger partial charge in [0.05, 0.1) is 30.3 Å². The minimum absolute atomic E-state index is 0.324. The van der Waals surface area contributed by atoms with Crippen molar-refractivity contribution in [3.63, 3.8) is 0 Å². The van der Waals surface area contributed by atoms with Gasteiger partial charge in [0.1, 0.15) is 23.9 Å². The van der Waals surface area contributed by atoms with Crippen LogP contribution in [0.4, 0.5) is 0 Å². The fourth-order valence-electron chi connectivity index (χ4n) is 5.94. The van der Waals surface area contributed by atoms with Gasteiger partial charge in [0, 0.05) is 22.2 Å². The molecule has 0 bridgehead atoms. The number of methoxy groups -OCH3 is 1. The summed E-state index contributed by atoms with van der Waals surface area (Å²) in [6.45, 7) is 2.54. The van der Waals surface area contributed by atoms with Gasteiger partial charge in [0.2, 0.25) is 0 Å². The first-order chi connectivity index (χ1) is 21.0. The summed E-state index contributed by atoms with van der Waals surface area (Å²) in [7, 11) is 1.67. The van der Waals surface area contributed by atoms with Crippen LogP contribution in [0.5, 0.6) is 11.5 Å². The minimum Gasteiger partial charge on any atom is -0.497 e. The zero-order valence-corrected chi connectivity index (χ0v) is 25.3. The molecule has 4 aromatic carbocycles. The highest BCUT2D eigenvalue weighted by atomic mass is 35.5. The van der Waals surface area contributed by atoms with Crippen molar-refractivity contribution in [1.82, 2.24) is 9.55 Å². The van der Waals surface area contributed by atoms with Gasteiger partial charge in [-0.2, -0.15) is 0 Å². The average Bonchev–Trinajstić information content (AvgIpc) is 3.44. The summed E-state index contributed by atoms with van der Waals surface area (Å²) >= 11 is 6.12. The largest absolute Gasteiger partial charge is 0.497 e. The molecule has 0 spiro atoms. The van der Waals surface area contributed by atoms with Crippen LogP contribution in [0.25, 0.3) is 33.5 Å². The Kier molecular flexibility index (Phi) is 8.66. The zero-order chi connectivity index (χ0) is 29.8. The van der Waals surface area contributed by atoms with E-state index < -0.39 is 0 Å². The van der Waals surface area contributed by atoms with Crippen molar-refractivity contribution in [3.8, 4) is 34.0 Å². The van der Waals surface area contributed by atoms with Crippen LogP contribution >= 0.6 is 11.6 Å². The number of fused-ring (bicyclic) bond motifs is 1. The van der Waals surface area contributed by atoms with E-state index in [0.717, 1.165) is 63.5 Å². The number of ether oxygens (including phenoxy) is 3. The van der Waals surface area contributed by atoms with Gasteiger partial charge in [0.25, 0.3) is 0 Å². The van der Waals surface area contributed by atoms with Crippen LogP contribution in [0.15, 0.2) is 84.9 Å². The van der Waals surface area contributed by atoms with Gasteiger partial charge in [-0.05, 0) is 97.6 Å². The summed E-state index contributed by atoms with van der Waals surface area (Å²) in [4.78, 5) is 17.5. The summed E-state index contributed by atoms with van der Waals surface area (Å²) in [5.41, 5.74) is 6.53. The molecule has 1 aromatic heterocycles. The molecule has 1 heterocycles. The molecule has 1 saturated carbocycles. The Labute approximate surface area is 257 Å². The van der Waals surface area contributed by atoms with Crippen LogP contribution in [0, 0.1) is 0 Å². The molecule has 0 amide bonds. The normalized spacial score (nSPS) is 13.7. The van der Waals surface area contributed by atoms with Gasteiger partial charge in [-0.3, -0.25) is 0 Å². The average molecular weight is 595 g/mol. The van der Waals surface area contributed by atoms with Gasteiger partial charge < -0.3 is 18.8 Å². The summed E-state index contributed by atoms with van der Waals surface area (Å²) in [5, 5.41) is 0.701. The summed E-state index contributed by atoms with van der Waals surface area (Å²) in [6, 6.07) is 28.0. The van der Waals surface area contributed by atoms with Crippen molar-refractivity contribution in [1.29, 1.82) is 0 Å². The van der Waals surface area contributed by atoms with E-state index in [0.29, 0.717) is 29.8 Å². The lowest BCUT2D eigenvalue weighted by Gasteiger charge is -2.25. The van der Waals surface area contributed by atoms with E-state index in [4.69, 9.17) is 30.8 Å². The van der Waals surface area contributed by atoms with E-state index in [1.54, 1.807) is 7.11 Å². The lowest BCUT2D eigenvalue weighted by molar-refractivity contribution is 0.0526. The highest BCUT2D eigenvalue weighted by molar-refractivity contribution is 6.30. The Morgan fingerprint density at radius 2 is 1.60 bits per heavy atom. The van der Waals surface area contributed by atoms with Crippen LogP contribution in [0.3, 0.4) is 0 Å². The second kappa shape index (κ2) is 12.9. The fourth-order valence-corrected chi connectivity index (χ4v) is 6.07. The molecule has 5 aromatic rings. The predicted molar refractivity (Wildman–Crippen MR) is 171 cm³/mol. The topological polar surface area (TPSA) is 62.6 Å². The van der Waals surface area contributed by atoms with Gasteiger partial charge in [-0.1, -0.05) is 49.1 Å². The second-order valence-electron chi connectivity index (χ2n) is 10.9. The molecule has 0 N–H and O–H groups in total. The van der Waals surface area contributed by atoms with Gasteiger partial charge >= 0.3 is 5.97 Å². The van der Waals surface area contributed by atoms with Crippen molar-refractivity contribution in [2.45, 2.75) is 51.7 Å². The number of rotatable bonds is 9. The maximum absolute atomic E-state index is 12.4. The number of hydrogen-bond acceptors (Lipinski definition) is 5. The molecule has 0 unspecified atom stereocenters. The van der Waals surface area contributed by atoms with Gasteiger partial charge in [-0.15, -0.1) is 0 Å². The SMILES string of the molecule is CCOC(=O)c1ccc2c(c1)nc(-c1ccc(OCc3cc(OC)ccc3-c3ccc(Cl)cc3)cc1)n2C1CCCCC1. The smallest absolute Gasteiger partial charge is 0.338 e. The Hall–Kier alpha value is -4.29. The van der Waals surface area contributed by atoms with E-state index in [9.17, 15) is 4.79 Å². The van der Waals surface area contributed by atoms with Crippen LogP contribution in [-0.2, 0) is 11.3 Å². The highest BCUT2D eigenvalue weighted by Crippen LogP contribution is 2.37. The number of esters is 1. The molecule has 1 fully saturated rings. The predicted octanol–water partition coefficient (Wildman–Crippen LogP) is 9.29. The number of benzene rings is 4. The zero-order valence-electron chi connectivity index (χ0n) is 24.5. The Morgan fingerprint density at radius 3 is 2.33 bits per heavy atom. The van der Waals surface area contributed by atoms with Crippen molar-refractivity contribution < 1.29 is 19.0 Å². The number of nitrogens with zero attached hydrogens (tertiary/aromatic N) is 2. The maximum atomic E-state index is 12.4. The van der Waals surface area contributed by atoms with E-state index in [1.165, 1.54) is 19.3 Å². The first-order valence-corrected chi connectivity index (χ1v) is 15.3. The van der Waals surface area contributed by atoms with E-state index in [-0.39, 0.29) is 5.97 Å². The Balaban J connectivity index is 1.28. The van der Waals surface area contributed by atoms with Gasteiger partial charge in [-0.25, -0.2) is 9.78 Å². The molecule has 0 atom stereocenters. The molecule has 6 nitrogen and oxygen atoms in total. The van der Waals surface area contributed by atoms with Crippen LogP contribution in [-0.4, -0.2) is 29.2 Å². The number of aromatic nitrogens is 2. The van der Waals surface area contributed by atoms with Crippen molar-refractivity contribution in [2.75, 3.05) is 13.7 Å². The van der Waals surface area contributed by atoms with Crippen LogP contribution < -0.4 is 9.47 Å². The summed E-state index contributed by atoms with van der Waals surface area (Å²) < 4.78 is 19.4. The summed E-state index contributed by atoms with van der Waals surface area (Å²) in [5.74, 6) is 2.13. The Bertz CT molecular complexity index is 1720. The van der Waals surface area contributed by atoms with Crippen LogP contribution in [0.1, 0.15) is 61.0 Å². The van der Waals surface area contributed by atoms with E-state index in [2.05, 4.69) is 16.7 Å². The number of carbonyl (C=O) groups is 1. The lowest BCUT2D eigenvalue weighted by atomic mass is 9.95. The van der Waals surface area contributed by atoms with E-state index >= 15 is 0 Å². The molecular formula is C36H35ClN2O4. The van der Waals surface area contributed by atoms with Crippen molar-refractivity contribution in [3.05, 3.63) is 101 Å². The lowest BCUT2D eigenvalue weighted by Crippen LogP contribution is -2.14. The molecule has 43 heavy (non-hydrogen) atoms. The monoisotopic (exact) mass is 594 g/mol. The number of halogens is 1. The molecule has 0 aliphatic heterocycles. The first-order valence-electron chi connectivity index (χ1n) is 14.9. The quantitative estimate of drug-likeness (QED) is 0.159. The summed E-state index contributed by atoms with van der Waals surface area (Å²) in [6.07, 6.45) is 5.93. The van der Waals surface area contributed by atoms with Crippen LogP contribution in [0.2, 0.25) is 5.02 Å². The van der Waals surface area contributed by atoms with Crippen molar-refractivity contribution >= 4 is 28.6 Å². The molecule has 1 aliphatic rings. The van der Waals surface area contributed by atoms with E-state index in [1.807, 2.05) is 79.7 Å². The molecule has 7 heteroatoms. The highest BCUT2D eigenvalue weighted by Gasteiger charge is 2.23. The Morgan fingerprint density at radius 1 is 0.884 bits per heavy atom. The molecule has 220 valence electrons. The third kappa shape index (κ3) is 6.25. The number of imidazole rings is 1. The molecule has 6 rings (SSSR count). The molecule has 0 radical (unpaired) electrons. The molecular weight excluding hydrogens is 560 g/mol. The number of carbonyl (C=O) groups excluding carboxylic acids is 1. The third-order valence-electron chi connectivity index (χ3n) is 8.11.